The Kier molecular flexibility index (Phi) is 3.22. The van der Waals surface area contributed by atoms with E-state index in [4.69, 9.17) is 9.84 Å². The van der Waals surface area contributed by atoms with E-state index < -0.39 is 36.2 Å². The smallest absolute Gasteiger partial charge is 0.417 e. The first kappa shape index (κ1) is 13.2. The highest BCUT2D eigenvalue weighted by Gasteiger charge is 2.58. The number of carboxylic acid groups (broad SMARTS) is 1. The molecule has 7 heteroatoms. The van der Waals surface area contributed by atoms with Crippen molar-refractivity contribution in [3.63, 3.8) is 0 Å². The zero-order valence-corrected chi connectivity index (χ0v) is 8.67. The summed E-state index contributed by atoms with van der Waals surface area (Å²) in [7, 11) is 1.14. The molecule has 1 aliphatic rings. The summed E-state index contributed by atoms with van der Waals surface area (Å²) < 4.78 is 42.1. The van der Waals surface area contributed by atoms with E-state index in [1.807, 2.05) is 0 Å². The van der Waals surface area contributed by atoms with E-state index in [0.717, 1.165) is 7.11 Å². The van der Waals surface area contributed by atoms with E-state index >= 15 is 0 Å². The largest absolute Gasteiger partial charge is 0.479 e. The fourth-order valence-electron chi connectivity index (χ4n) is 1.86. The lowest BCUT2D eigenvalue weighted by Gasteiger charge is -2.41. The van der Waals surface area contributed by atoms with Gasteiger partial charge in [-0.1, -0.05) is 0 Å². The van der Waals surface area contributed by atoms with E-state index in [-0.39, 0.29) is 12.8 Å². The Labute approximate surface area is 90.0 Å². The van der Waals surface area contributed by atoms with Gasteiger partial charge in [0.2, 0.25) is 0 Å². The van der Waals surface area contributed by atoms with E-state index in [1.165, 1.54) is 0 Å². The number of methoxy groups -OCH3 is 1. The minimum Gasteiger partial charge on any atom is -0.479 e. The molecule has 0 spiro atoms. The summed E-state index contributed by atoms with van der Waals surface area (Å²) in [5, 5.41) is 18.2. The standard InChI is InChI=1S/C9H13F3O4/c1-16-7(6(13)14)2-4-8(15,5-3-7)9(10,11)12/h15H,2-5H2,1H3,(H,13,14). The maximum Gasteiger partial charge on any atom is 0.417 e. The van der Waals surface area contributed by atoms with Crippen molar-refractivity contribution in [3.8, 4) is 0 Å². The molecule has 0 aliphatic heterocycles. The number of aliphatic hydroxyl groups is 1. The van der Waals surface area contributed by atoms with Gasteiger partial charge in [0.15, 0.2) is 11.2 Å². The first-order chi connectivity index (χ1) is 7.17. The molecule has 0 aromatic heterocycles. The lowest BCUT2D eigenvalue weighted by Crippen LogP contribution is -2.54. The Morgan fingerprint density at radius 2 is 1.69 bits per heavy atom. The molecule has 0 saturated heterocycles. The number of carboxylic acids is 1. The van der Waals surface area contributed by atoms with Crippen LogP contribution in [0.1, 0.15) is 25.7 Å². The SMILES string of the molecule is COC1(C(=O)O)CCC(O)(C(F)(F)F)CC1. The van der Waals surface area contributed by atoms with E-state index in [1.54, 1.807) is 0 Å². The second-order valence-electron chi connectivity index (χ2n) is 4.03. The Balaban J connectivity index is 2.81. The van der Waals surface area contributed by atoms with Gasteiger partial charge in [-0.25, -0.2) is 4.79 Å². The summed E-state index contributed by atoms with van der Waals surface area (Å²) in [6.07, 6.45) is -6.75. The van der Waals surface area contributed by atoms with Gasteiger partial charge in [-0.2, -0.15) is 13.2 Å². The number of carbonyl (C=O) groups is 1. The fourth-order valence-corrected chi connectivity index (χ4v) is 1.86. The Bertz CT molecular complexity index is 279. The highest BCUT2D eigenvalue weighted by molar-refractivity contribution is 5.77. The second-order valence-corrected chi connectivity index (χ2v) is 4.03. The summed E-state index contributed by atoms with van der Waals surface area (Å²) in [5.74, 6) is -1.29. The first-order valence-corrected chi connectivity index (χ1v) is 4.74. The molecule has 0 aromatic rings. The molecular weight excluding hydrogens is 229 g/mol. The van der Waals surface area contributed by atoms with Crippen molar-refractivity contribution < 1.29 is 32.9 Å². The third-order valence-electron chi connectivity index (χ3n) is 3.19. The predicted molar refractivity (Wildman–Crippen MR) is 46.8 cm³/mol. The van der Waals surface area contributed by atoms with Gasteiger partial charge in [0.25, 0.3) is 0 Å². The van der Waals surface area contributed by atoms with Crippen molar-refractivity contribution in [3.05, 3.63) is 0 Å². The van der Waals surface area contributed by atoms with Crippen molar-refractivity contribution in [2.24, 2.45) is 0 Å². The van der Waals surface area contributed by atoms with Gasteiger partial charge < -0.3 is 14.9 Å². The van der Waals surface area contributed by atoms with Gasteiger partial charge in [0.1, 0.15) is 0 Å². The van der Waals surface area contributed by atoms with Crippen LogP contribution in [0.25, 0.3) is 0 Å². The number of ether oxygens (including phenoxy) is 1. The lowest BCUT2D eigenvalue weighted by molar-refractivity contribution is -0.279. The van der Waals surface area contributed by atoms with Crippen LogP contribution in [0.3, 0.4) is 0 Å². The zero-order chi connectivity index (χ0) is 12.6. The zero-order valence-electron chi connectivity index (χ0n) is 8.67. The van der Waals surface area contributed by atoms with Crippen LogP contribution in [-0.4, -0.2) is 40.7 Å². The average molecular weight is 242 g/mol. The third-order valence-corrected chi connectivity index (χ3v) is 3.19. The van der Waals surface area contributed by atoms with Gasteiger partial charge in [-0.3, -0.25) is 0 Å². The van der Waals surface area contributed by atoms with Gasteiger partial charge >= 0.3 is 12.1 Å². The quantitative estimate of drug-likeness (QED) is 0.766. The number of alkyl halides is 3. The Hall–Kier alpha value is -0.820. The molecule has 1 fully saturated rings. The molecule has 0 amide bonds. The predicted octanol–water partition coefficient (Wildman–Crippen LogP) is 1.32. The molecule has 4 nitrogen and oxygen atoms in total. The number of hydrogen-bond donors (Lipinski definition) is 2. The van der Waals surface area contributed by atoms with Crippen LogP contribution in [0, 0.1) is 0 Å². The summed E-state index contributed by atoms with van der Waals surface area (Å²) in [6, 6.07) is 0. The Morgan fingerprint density at radius 3 is 1.94 bits per heavy atom. The normalized spacial score (nSPS) is 36.1. The number of hydrogen-bond acceptors (Lipinski definition) is 3. The van der Waals surface area contributed by atoms with Crippen LogP contribution < -0.4 is 0 Å². The minimum absolute atomic E-state index is 0.352. The van der Waals surface area contributed by atoms with Gasteiger partial charge in [0, 0.05) is 7.11 Å². The van der Waals surface area contributed by atoms with Crippen LogP contribution in [0.4, 0.5) is 13.2 Å². The number of rotatable bonds is 2. The third kappa shape index (κ3) is 2.01. The van der Waals surface area contributed by atoms with Crippen molar-refractivity contribution in [1.29, 1.82) is 0 Å². The van der Waals surface area contributed by atoms with Gasteiger partial charge in [-0.15, -0.1) is 0 Å². The maximum absolute atomic E-state index is 12.4. The van der Waals surface area contributed by atoms with Gasteiger partial charge in [-0.05, 0) is 25.7 Å². The molecule has 0 atom stereocenters. The highest BCUT2D eigenvalue weighted by atomic mass is 19.4. The average Bonchev–Trinajstić information content (AvgIpc) is 2.17. The maximum atomic E-state index is 12.4. The van der Waals surface area contributed by atoms with Crippen molar-refractivity contribution in [2.45, 2.75) is 43.1 Å². The molecule has 0 aromatic carbocycles. The topological polar surface area (TPSA) is 66.8 Å². The summed E-state index contributed by atoms with van der Waals surface area (Å²) in [6.45, 7) is 0. The monoisotopic (exact) mass is 242 g/mol. The summed E-state index contributed by atoms with van der Waals surface area (Å²) in [4.78, 5) is 10.9. The number of aliphatic carboxylic acids is 1. The highest BCUT2D eigenvalue weighted by Crippen LogP contribution is 2.45. The molecule has 2 N–H and O–H groups in total. The van der Waals surface area contributed by atoms with Crippen molar-refractivity contribution in [1.82, 2.24) is 0 Å². The Morgan fingerprint density at radius 1 is 1.25 bits per heavy atom. The van der Waals surface area contributed by atoms with Crippen molar-refractivity contribution in [2.75, 3.05) is 7.11 Å². The molecule has 0 bridgehead atoms. The molecule has 0 heterocycles. The first-order valence-electron chi connectivity index (χ1n) is 4.74. The summed E-state index contributed by atoms with van der Waals surface area (Å²) >= 11 is 0. The number of halogens is 3. The van der Waals surface area contributed by atoms with Crippen LogP contribution >= 0.6 is 0 Å². The second kappa shape index (κ2) is 3.89. The van der Waals surface area contributed by atoms with E-state index in [2.05, 4.69) is 0 Å². The minimum atomic E-state index is -4.73. The van der Waals surface area contributed by atoms with Crippen LogP contribution in [-0.2, 0) is 9.53 Å². The molecular formula is C9H13F3O4. The van der Waals surface area contributed by atoms with E-state index in [0.29, 0.717) is 0 Å². The van der Waals surface area contributed by atoms with E-state index in [9.17, 15) is 23.1 Å². The van der Waals surface area contributed by atoms with Crippen molar-refractivity contribution >= 4 is 5.97 Å². The van der Waals surface area contributed by atoms with Crippen LogP contribution in [0.2, 0.25) is 0 Å². The van der Waals surface area contributed by atoms with Crippen LogP contribution in [0.5, 0.6) is 0 Å². The molecule has 1 saturated carbocycles. The molecule has 1 aliphatic carbocycles. The van der Waals surface area contributed by atoms with Crippen LogP contribution in [0.15, 0.2) is 0 Å². The molecule has 0 unspecified atom stereocenters. The fraction of sp³-hybridized carbons (Fsp3) is 0.889. The molecule has 1 rings (SSSR count). The molecule has 94 valence electrons. The molecule has 0 radical (unpaired) electrons. The van der Waals surface area contributed by atoms with Gasteiger partial charge in [0.05, 0.1) is 0 Å². The lowest BCUT2D eigenvalue weighted by atomic mass is 9.75. The summed E-state index contributed by atoms with van der Waals surface area (Å²) in [5.41, 5.74) is -4.39. The molecule has 16 heavy (non-hydrogen) atoms.